The molecule has 5 rings (SSSR count). The molecule has 0 bridgehead atoms. The smallest absolute Gasteiger partial charge is 0.236 e. The topological polar surface area (TPSA) is 74.7 Å². The van der Waals surface area contributed by atoms with Crippen LogP contribution in [-0.2, 0) is 13.2 Å². The third kappa shape index (κ3) is 6.38. The Kier molecular flexibility index (Phi) is 9.18. The minimum Gasteiger partial charge on any atom is -0.481 e. The molecule has 1 aliphatic heterocycles. The Morgan fingerprint density at radius 3 is 1.98 bits per heavy atom. The number of rotatable bonds is 10. The summed E-state index contributed by atoms with van der Waals surface area (Å²) in [6.07, 6.45) is 2.14. The highest BCUT2D eigenvalue weighted by Gasteiger charge is 2.23. The molecule has 0 saturated carbocycles. The minimum absolute atomic E-state index is 0.191. The lowest BCUT2D eigenvalue weighted by molar-refractivity contribution is 0.285. The third-order valence-electron chi connectivity index (χ3n) is 7.47. The monoisotopic (exact) mass is 593 g/mol. The first-order chi connectivity index (χ1) is 19.9. The lowest BCUT2D eigenvalue weighted by Gasteiger charge is -2.18. The lowest BCUT2D eigenvalue weighted by Crippen LogP contribution is -2.15. The molecule has 1 N–H and O–H groups in total. The third-order valence-corrected chi connectivity index (χ3v) is 8.03. The largest absolute Gasteiger partial charge is 0.481 e. The second kappa shape index (κ2) is 13.0. The van der Waals surface area contributed by atoms with Crippen LogP contribution in [0.1, 0.15) is 46.7 Å². The number of ether oxygens (including phenoxy) is 4. The number of methoxy groups -OCH3 is 2. The van der Waals surface area contributed by atoms with Gasteiger partial charge in [-0.1, -0.05) is 59.6 Å². The summed E-state index contributed by atoms with van der Waals surface area (Å²) in [5.74, 6) is 1.67. The summed E-state index contributed by atoms with van der Waals surface area (Å²) in [4.78, 5) is 8.91. The maximum absolute atomic E-state index is 6.61. The van der Waals surface area contributed by atoms with Gasteiger partial charge in [0, 0.05) is 17.7 Å². The first-order valence-electron chi connectivity index (χ1n) is 13.5. The van der Waals surface area contributed by atoms with E-state index >= 15 is 0 Å². The van der Waals surface area contributed by atoms with Crippen molar-refractivity contribution in [1.82, 2.24) is 15.3 Å². The number of aromatic nitrogens is 2. The van der Waals surface area contributed by atoms with Crippen LogP contribution in [0.5, 0.6) is 23.5 Å². The zero-order valence-electron chi connectivity index (χ0n) is 23.6. The molecule has 0 radical (unpaired) electrons. The Balaban J connectivity index is 1.35. The fourth-order valence-electron chi connectivity index (χ4n) is 5.11. The van der Waals surface area contributed by atoms with Gasteiger partial charge in [-0.05, 0) is 78.7 Å². The first-order valence-corrected chi connectivity index (χ1v) is 14.3. The predicted octanol–water partition coefficient (Wildman–Crippen LogP) is 7.67. The van der Waals surface area contributed by atoms with E-state index in [1.165, 1.54) is 0 Å². The summed E-state index contributed by atoms with van der Waals surface area (Å²) >= 11 is 12.9. The molecule has 3 heterocycles. The van der Waals surface area contributed by atoms with Gasteiger partial charge >= 0.3 is 0 Å². The second-order valence-electron chi connectivity index (χ2n) is 9.92. The van der Waals surface area contributed by atoms with Gasteiger partial charge in [0.25, 0.3) is 0 Å². The van der Waals surface area contributed by atoms with Crippen molar-refractivity contribution in [2.24, 2.45) is 0 Å². The summed E-state index contributed by atoms with van der Waals surface area (Å²) in [5, 5.41) is 4.37. The number of hydrogen-bond acceptors (Lipinski definition) is 7. The number of halogens is 2. The summed E-state index contributed by atoms with van der Waals surface area (Å²) in [5.41, 5.74) is 7.48. The van der Waals surface area contributed by atoms with E-state index < -0.39 is 0 Å². The molecule has 1 saturated heterocycles. The molecular weight excluding hydrogens is 561 g/mol. The molecule has 1 aliphatic rings. The van der Waals surface area contributed by atoms with Crippen molar-refractivity contribution < 1.29 is 18.9 Å². The fourth-order valence-corrected chi connectivity index (χ4v) is 5.49. The van der Waals surface area contributed by atoms with Crippen LogP contribution in [0.3, 0.4) is 0 Å². The van der Waals surface area contributed by atoms with Crippen molar-refractivity contribution >= 4 is 23.2 Å². The zero-order valence-corrected chi connectivity index (χ0v) is 25.1. The van der Waals surface area contributed by atoms with Gasteiger partial charge < -0.3 is 24.3 Å². The Morgan fingerprint density at radius 2 is 1.41 bits per heavy atom. The molecule has 0 spiro atoms. The van der Waals surface area contributed by atoms with E-state index in [4.69, 9.17) is 42.1 Å². The van der Waals surface area contributed by atoms with Gasteiger partial charge in [-0.2, -0.15) is 9.97 Å². The molecule has 7 nitrogen and oxygen atoms in total. The highest BCUT2D eigenvalue weighted by Crippen LogP contribution is 2.37. The van der Waals surface area contributed by atoms with Crippen LogP contribution in [0, 0.1) is 13.8 Å². The van der Waals surface area contributed by atoms with Crippen molar-refractivity contribution in [3.8, 4) is 34.6 Å². The average Bonchev–Trinajstić information content (AvgIpc) is 3.52. The van der Waals surface area contributed by atoms with E-state index in [9.17, 15) is 0 Å². The van der Waals surface area contributed by atoms with Crippen LogP contribution in [0.25, 0.3) is 11.1 Å². The van der Waals surface area contributed by atoms with Crippen LogP contribution in [0.15, 0.2) is 54.6 Å². The van der Waals surface area contributed by atoms with E-state index in [0.717, 1.165) is 58.3 Å². The van der Waals surface area contributed by atoms with E-state index in [2.05, 4.69) is 47.3 Å². The molecule has 1 atom stereocenters. The summed E-state index contributed by atoms with van der Waals surface area (Å²) in [6.45, 7) is 5.80. The van der Waals surface area contributed by atoms with Crippen LogP contribution in [0.2, 0.25) is 10.0 Å². The van der Waals surface area contributed by atoms with Crippen molar-refractivity contribution in [3.63, 3.8) is 0 Å². The van der Waals surface area contributed by atoms with Gasteiger partial charge in [-0.15, -0.1) is 0 Å². The highest BCUT2D eigenvalue weighted by molar-refractivity contribution is 6.32. The number of hydrogen-bond donors (Lipinski definition) is 1. The second-order valence-corrected chi connectivity index (χ2v) is 10.7. The van der Waals surface area contributed by atoms with Crippen LogP contribution in [-0.4, -0.2) is 30.7 Å². The Morgan fingerprint density at radius 1 is 0.780 bits per heavy atom. The highest BCUT2D eigenvalue weighted by atomic mass is 35.5. The van der Waals surface area contributed by atoms with Gasteiger partial charge in [-0.3, -0.25) is 0 Å². The maximum Gasteiger partial charge on any atom is 0.236 e. The normalized spacial score (nSPS) is 14.6. The number of pyridine rings is 2. The van der Waals surface area contributed by atoms with Gasteiger partial charge in [0.05, 0.1) is 14.2 Å². The van der Waals surface area contributed by atoms with Crippen molar-refractivity contribution in [2.45, 2.75) is 45.9 Å². The van der Waals surface area contributed by atoms with Crippen LogP contribution < -0.4 is 24.3 Å². The minimum atomic E-state index is 0.191. The SMILES string of the molecule is COc1ccc(Cl)c(OCc2cccc(-c3cccc(COc4nc(OC)c([C@H]5CCCN5)cc4Cl)c3C)c2C)n1. The van der Waals surface area contributed by atoms with E-state index in [1.807, 2.05) is 24.3 Å². The number of nitrogens with zero attached hydrogens (tertiary/aromatic N) is 2. The summed E-state index contributed by atoms with van der Waals surface area (Å²) < 4.78 is 22.9. The molecule has 41 heavy (non-hydrogen) atoms. The number of benzene rings is 2. The van der Waals surface area contributed by atoms with Gasteiger partial charge in [0.1, 0.15) is 23.3 Å². The standard InChI is InChI=1S/C32H33Cl2N3O4/c1-19-21(17-40-31-26(33)13-14-29(36-31)38-3)8-5-10-23(19)24-11-6-9-22(20(24)2)18-41-32-27(34)16-25(30(37-32)39-4)28-12-7-15-35-28/h5-6,8-11,13-14,16,28,35H,7,12,15,17-18H2,1-4H3/t28-/m1/s1. The molecule has 4 aromatic rings. The quantitative estimate of drug-likeness (QED) is 0.202. The van der Waals surface area contributed by atoms with Crippen LogP contribution in [0.4, 0.5) is 0 Å². The van der Waals surface area contributed by atoms with Gasteiger partial charge in [-0.25, -0.2) is 0 Å². The van der Waals surface area contributed by atoms with Gasteiger partial charge in [0.2, 0.25) is 23.5 Å². The Hall–Kier alpha value is -3.52. The summed E-state index contributed by atoms with van der Waals surface area (Å²) in [6, 6.07) is 17.9. The predicted molar refractivity (Wildman–Crippen MR) is 162 cm³/mol. The van der Waals surface area contributed by atoms with E-state index in [0.29, 0.717) is 46.8 Å². The van der Waals surface area contributed by atoms with Crippen LogP contribution >= 0.6 is 23.2 Å². The van der Waals surface area contributed by atoms with E-state index in [1.54, 1.807) is 26.4 Å². The molecule has 0 aliphatic carbocycles. The average molecular weight is 595 g/mol. The van der Waals surface area contributed by atoms with Gasteiger partial charge in [0.15, 0.2) is 0 Å². The molecule has 9 heteroatoms. The Labute approximate surface area is 250 Å². The zero-order chi connectivity index (χ0) is 28.9. The molecule has 214 valence electrons. The molecule has 2 aromatic carbocycles. The molecule has 2 aromatic heterocycles. The summed E-state index contributed by atoms with van der Waals surface area (Å²) in [7, 11) is 3.18. The molecule has 1 fully saturated rings. The van der Waals surface area contributed by atoms with E-state index in [-0.39, 0.29) is 6.04 Å². The lowest BCUT2D eigenvalue weighted by atomic mass is 9.92. The number of nitrogens with one attached hydrogen (secondary N) is 1. The fraction of sp³-hybridized carbons (Fsp3) is 0.312. The molecule has 0 amide bonds. The molecular formula is C32H33Cl2N3O4. The first kappa shape index (κ1) is 29.0. The maximum atomic E-state index is 6.61. The van der Waals surface area contributed by atoms with Crippen molar-refractivity contribution in [2.75, 3.05) is 20.8 Å². The molecule has 0 unspecified atom stereocenters. The van der Waals surface area contributed by atoms with Crippen molar-refractivity contribution in [3.05, 3.63) is 92.5 Å². The Bertz CT molecular complexity index is 1540. The van der Waals surface area contributed by atoms with Crippen molar-refractivity contribution in [1.29, 1.82) is 0 Å².